The second-order valence-electron chi connectivity index (χ2n) is 6.04. The van der Waals surface area contributed by atoms with E-state index in [1.807, 2.05) is 25.9 Å². The summed E-state index contributed by atoms with van der Waals surface area (Å²) in [5.41, 5.74) is 1.88. The maximum Gasteiger partial charge on any atom is 0.240 e. The molecule has 0 saturated carbocycles. The molecule has 8 nitrogen and oxygen atoms in total. The topological polar surface area (TPSA) is 95.5 Å². The standard InChI is InChI=1S/C14H23N5O3S/c1-9(17-23(5,21)22)14(20)19-7-6-11-12(8-19)15-10(2)16-13(11)18(3)4/h9,17H,6-8H2,1-5H3/t9-/m1/s1. The average molecular weight is 341 g/mol. The predicted octanol–water partition coefficient (Wildman–Crippen LogP) is -0.327. The van der Waals surface area contributed by atoms with Gasteiger partial charge in [0.25, 0.3) is 0 Å². The normalized spacial score (nSPS) is 16.0. The minimum absolute atomic E-state index is 0.247. The van der Waals surface area contributed by atoms with E-state index in [1.54, 1.807) is 11.8 Å². The third-order valence-electron chi connectivity index (χ3n) is 3.65. The SMILES string of the molecule is Cc1nc2c(c(N(C)C)n1)CCN(C(=O)[C@@H](C)NS(C)(=O)=O)C2. The van der Waals surface area contributed by atoms with Crippen LogP contribution in [0.25, 0.3) is 0 Å². The van der Waals surface area contributed by atoms with Crippen LogP contribution in [0.15, 0.2) is 0 Å². The van der Waals surface area contributed by atoms with Crippen LogP contribution >= 0.6 is 0 Å². The minimum atomic E-state index is -3.42. The van der Waals surface area contributed by atoms with E-state index in [2.05, 4.69) is 14.7 Å². The van der Waals surface area contributed by atoms with Crippen molar-refractivity contribution >= 4 is 21.7 Å². The largest absolute Gasteiger partial charge is 0.362 e. The molecule has 2 rings (SSSR count). The Bertz CT molecular complexity index is 717. The van der Waals surface area contributed by atoms with Gasteiger partial charge in [-0.25, -0.2) is 23.1 Å². The summed E-state index contributed by atoms with van der Waals surface area (Å²) in [4.78, 5) is 24.9. The van der Waals surface area contributed by atoms with E-state index in [-0.39, 0.29) is 5.91 Å². The van der Waals surface area contributed by atoms with Crippen LogP contribution in [-0.2, 0) is 27.8 Å². The molecule has 1 atom stereocenters. The molecule has 0 fully saturated rings. The number of aromatic nitrogens is 2. The van der Waals surface area contributed by atoms with Crippen molar-refractivity contribution in [1.29, 1.82) is 0 Å². The number of rotatable bonds is 4. The van der Waals surface area contributed by atoms with Crippen LogP contribution < -0.4 is 9.62 Å². The molecule has 23 heavy (non-hydrogen) atoms. The number of hydrogen-bond donors (Lipinski definition) is 1. The van der Waals surface area contributed by atoms with Crippen molar-refractivity contribution in [2.75, 3.05) is 31.8 Å². The number of hydrogen-bond acceptors (Lipinski definition) is 6. The minimum Gasteiger partial charge on any atom is -0.362 e. The first kappa shape index (κ1) is 17.6. The van der Waals surface area contributed by atoms with Gasteiger partial charge in [0.1, 0.15) is 11.6 Å². The second-order valence-corrected chi connectivity index (χ2v) is 7.82. The second kappa shape index (κ2) is 6.40. The van der Waals surface area contributed by atoms with Gasteiger partial charge in [-0.05, 0) is 20.3 Å². The van der Waals surface area contributed by atoms with Gasteiger partial charge in [-0.2, -0.15) is 0 Å². The molecule has 1 N–H and O–H groups in total. The van der Waals surface area contributed by atoms with Gasteiger partial charge >= 0.3 is 0 Å². The van der Waals surface area contributed by atoms with E-state index in [1.165, 1.54) is 0 Å². The van der Waals surface area contributed by atoms with Crippen molar-refractivity contribution in [3.05, 3.63) is 17.1 Å². The maximum atomic E-state index is 12.4. The number of nitrogens with zero attached hydrogens (tertiary/aromatic N) is 4. The summed E-state index contributed by atoms with van der Waals surface area (Å²) in [7, 11) is 0.434. The predicted molar refractivity (Wildman–Crippen MR) is 87.7 cm³/mol. The van der Waals surface area contributed by atoms with Crippen LogP contribution in [0.1, 0.15) is 24.0 Å². The van der Waals surface area contributed by atoms with E-state index in [4.69, 9.17) is 0 Å². The van der Waals surface area contributed by atoms with Crippen molar-refractivity contribution < 1.29 is 13.2 Å². The number of carbonyl (C=O) groups excluding carboxylic acids is 1. The van der Waals surface area contributed by atoms with Crippen molar-refractivity contribution in [2.45, 2.75) is 32.9 Å². The molecule has 0 bridgehead atoms. The fourth-order valence-corrected chi connectivity index (χ4v) is 3.48. The molecule has 2 heterocycles. The van der Waals surface area contributed by atoms with Gasteiger partial charge in [0.15, 0.2) is 0 Å². The van der Waals surface area contributed by atoms with E-state index in [9.17, 15) is 13.2 Å². The van der Waals surface area contributed by atoms with Gasteiger partial charge < -0.3 is 9.80 Å². The van der Waals surface area contributed by atoms with Crippen LogP contribution in [-0.4, -0.2) is 62.1 Å². The van der Waals surface area contributed by atoms with Crippen molar-refractivity contribution in [3.8, 4) is 0 Å². The molecule has 0 aromatic carbocycles. The first-order valence-corrected chi connectivity index (χ1v) is 9.27. The molecule has 9 heteroatoms. The lowest BCUT2D eigenvalue weighted by atomic mass is 10.0. The summed E-state index contributed by atoms with van der Waals surface area (Å²) in [6.07, 6.45) is 1.70. The molecule has 1 aliphatic rings. The number of amides is 1. The third kappa shape index (κ3) is 4.17. The molecule has 1 aliphatic heterocycles. The number of anilines is 1. The Morgan fingerprint density at radius 1 is 1.35 bits per heavy atom. The molecule has 0 aliphatic carbocycles. The number of aryl methyl sites for hydroxylation is 1. The van der Waals surface area contributed by atoms with E-state index in [0.717, 1.165) is 23.3 Å². The highest BCUT2D eigenvalue weighted by atomic mass is 32.2. The number of sulfonamides is 1. The highest BCUT2D eigenvalue weighted by Gasteiger charge is 2.29. The Morgan fingerprint density at radius 2 is 2.00 bits per heavy atom. The quantitative estimate of drug-likeness (QED) is 0.806. The van der Waals surface area contributed by atoms with E-state index in [0.29, 0.717) is 25.3 Å². The maximum absolute atomic E-state index is 12.4. The molecule has 1 aromatic rings. The lowest BCUT2D eigenvalue weighted by Crippen LogP contribution is -2.48. The Balaban J connectivity index is 2.22. The van der Waals surface area contributed by atoms with Crippen LogP contribution in [0.5, 0.6) is 0 Å². The van der Waals surface area contributed by atoms with Gasteiger partial charge in [-0.15, -0.1) is 0 Å². The highest BCUT2D eigenvalue weighted by Crippen LogP contribution is 2.25. The molecule has 0 unspecified atom stereocenters. The summed E-state index contributed by atoms with van der Waals surface area (Å²) in [6.45, 7) is 4.26. The van der Waals surface area contributed by atoms with Gasteiger partial charge in [-0.1, -0.05) is 0 Å². The molecular formula is C14H23N5O3S. The first-order valence-electron chi connectivity index (χ1n) is 7.38. The van der Waals surface area contributed by atoms with E-state index < -0.39 is 16.1 Å². The Labute approximate surface area is 137 Å². The zero-order valence-corrected chi connectivity index (χ0v) is 14.9. The Kier molecular flexibility index (Phi) is 4.90. The summed E-state index contributed by atoms with van der Waals surface area (Å²) < 4.78 is 24.9. The van der Waals surface area contributed by atoms with Crippen molar-refractivity contribution in [2.24, 2.45) is 0 Å². The molecule has 0 saturated heterocycles. The molecule has 1 amide bonds. The summed E-state index contributed by atoms with van der Waals surface area (Å²) in [6, 6.07) is -0.789. The summed E-state index contributed by atoms with van der Waals surface area (Å²) >= 11 is 0. The molecule has 1 aromatic heterocycles. The molecular weight excluding hydrogens is 318 g/mol. The van der Waals surface area contributed by atoms with Crippen LogP contribution in [0.2, 0.25) is 0 Å². The fraction of sp³-hybridized carbons (Fsp3) is 0.643. The Morgan fingerprint density at radius 3 is 2.57 bits per heavy atom. The fourth-order valence-electron chi connectivity index (χ4n) is 2.73. The first-order chi connectivity index (χ1) is 10.6. The average Bonchev–Trinajstić information content (AvgIpc) is 2.42. The van der Waals surface area contributed by atoms with Crippen LogP contribution in [0, 0.1) is 6.92 Å². The summed E-state index contributed by atoms with van der Waals surface area (Å²) in [5, 5.41) is 0. The lowest BCUT2D eigenvalue weighted by molar-refractivity contribution is -0.133. The molecule has 0 spiro atoms. The smallest absolute Gasteiger partial charge is 0.240 e. The van der Waals surface area contributed by atoms with Crippen LogP contribution in [0.4, 0.5) is 5.82 Å². The Hall–Kier alpha value is -1.74. The zero-order chi connectivity index (χ0) is 17.4. The van der Waals surface area contributed by atoms with Crippen molar-refractivity contribution in [3.63, 3.8) is 0 Å². The van der Waals surface area contributed by atoms with Gasteiger partial charge in [0, 0.05) is 26.2 Å². The highest BCUT2D eigenvalue weighted by molar-refractivity contribution is 7.88. The van der Waals surface area contributed by atoms with Gasteiger partial charge in [-0.3, -0.25) is 4.79 Å². The monoisotopic (exact) mass is 341 g/mol. The number of carbonyl (C=O) groups is 1. The summed E-state index contributed by atoms with van der Waals surface area (Å²) in [5.74, 6) is 1.29. The van der Waals surface area contributed by atoms with Gasteiger partial charge in [0.2, 0.25) is 15.9 Å². The number of nitrogens with one attached hydrogen (secondary N) is 1. The van der Waals surface area contributed by atoms with E-state index >= 15 is 0 Å². The van der Waals surface area contributed by atoms with Crippen molar-refractivity contribution in [1.82, 2.24) is 19.6 Å². The third-order valence-corrected chi connectivity index (χ3v) is 4.43. The lowest BCUT2D eigenvalue weighted by Gasteiger charge is -2.32. The number of fused-ring (bicyclic) bond motifs is 1. The molecule has 0 radical (unpaired) electrons. The van der Waals surface area contributed by atoms with Gasteiger partial charge in [0.05, 0.1) is 24.5 Å². The zero-order valence-electron chi connectivity index (χ0n) is 14.1. The molecule has 128 valence electrons. The van der Waals surface area contributed by atoms with Crippen LogP contribution in [0.3, 0.4) is 0 Å².